The third-order valence-electron chi connectivity index (χ3n) is 3.09. The summed E-state index contributed by atoms with van der Waals surface area (Å²) in [6, 6.07) is 8.19. The largest absolute Gasteiger partial charge is 0.356 e. The highest BCUT2D eigenvalue weighted by Crippen LogP contribution is 2.05. The molecule has 0 saturated carbocycles. The Morgan fingerprint density at radius 3 is 2.65 bits per heavy atom. The van der Waals surface area contributed by atoms with Gasteiger partial charge in [0, 0.05) is 11.8 Å². The first kappa shape index (κ1) is 14.7. The van der Waals surface area contributed by atoms with Gasteiger partial charge in [0.2, 0.25) is 0 Å². The predicted octanol–water partition coefficient (Wildman–Crippen LogP) is 2.95. The zero-order chi connectivity index (χ0) is 14.5. The van der Waals surface area contributed by atoms with Crippen LogP contribution in [-0.4, -0.2) is 9.55 Å². The molecule has 0 radical (unpaired) electrons. The second-order valence-corrected chi connectivity index (χ2v) is 5.09. The van der Waals surface area contributed by atoms with Gasteiger partial charge in [-0.25, -0.2) is 0 Å². The fraction of sp³-hybridized carbons (Fsp3) is 0.333. The van der Waals surface area contributed by atoms with Gasteiger partial charge in [-0.05, 0) is 31.1 Å². The van der Waals surface area contributed by atoms with Gasteiger partial charge in [-0.2, -0.15) is 0 Å². The summed E-state index contributed by atoms with van der Waals surface area (Å²) in [4.78, 5) is 14.2. The molecule has 0 saturated heterocycles. The van der Waals surface area contributed by atoms with Crippen molar-refractivity contribution in [2.75, 3.05) is 0 Å². The van der Waals surface area contributed by atoms with Gasteiger partial charge in [-0.3, -0.25) is 9.78 Å². The molecule has 0 spiro atoms. The Balaban J connectivity index is 2.02. The van der Waals surface area contributed by atoms with Gasteiger partial charge in [-0.1, -0.05) is 36.8 Å². The maximum absolute atomic E-state index is 11.6. The van der Waals surface area contributed by atoms with E-state index in [9.17, 15) is 4.79 Å². The number of ether oxygens (including phenoxy) is 1. The Bertz CT molecular complexity index is 686. The first-order chi connectivity index (χ1) is 9.60. The molecule has 0 bridgehead atoms. The Hall–Kier alpha value is -1.72. The van der Waals surface area contributed by atoms with Gasteiger partial charge >= 0.3 is 0 Å². The second-order valence-electron chi connectivity index (χ2n) is 4.70. The molecular formula is C15H18N2O2S. The van der Waals surface area contributed by atoms with Gasteiger partial charge in [0.1, 0.15) is 6.73 Å². The van der Waals surface area contributed by atoms with Crippen LogP contribution < -0.4 is 5.56 Å². The highest BCUT2D eigenvalue weighted by Gasteiger charge is 2.01. The molecular weight excluding hydrogens is 272 g/mol. The maximum Gasteiger partial charge on any atom is 0.254 e. The summed E-state index contributed by atoms with van der Waals surface area (Å²) in [5, 5.41) is 0. The lowest BCUT2D eigenvalue weighted by Crippen LogP contribution is -2.18. The molecule has 5 heteroatoms. The summed E-state index contributed by atoms with van der Waals surface area (Å²) in [6.45, 7) is 4.83. The molecule has 2 rings (SSSR count). The molecule has 1 N–H and O–H groups in total. The number of aromatic nitrogens is 2. The third kappa shape index (κ3) is 3.65. The zero-order valence-corrected chi connectivity index (χ0v) is 12.5. The van der Waals surface area contributed by atoms with Crippen molar-refractivity contribution in [3.63, 3.8) is 0 Å². The number of nitrogens with zero attached hydrogens (tertiary/aromatic N) is 1. The van der Waals surface area contributed by atoms with Gasteiger partial charge in [-0.15, -0.1) is 0 Å². The molecule has 106 valence electrons. The molecule has 2 aromatic rings. The topological polar surface area (TPSA) is 47.0 Å². The van der Waals surface area contributed by atoms with Crippen LogP contribution in [0.5, 0.6) is 0 Å². The van der Waals surface area contributed by atoms with Crippen LogP contribution in [0.3, 0.4) is 0 Å². The Labute approximate surface area is 123 Å². The molecule has 20 heavy (non-hydrogen) atoms. The Morgan fingerprint density at radius 1 is 1.30 bits per heavy atom. The number of nitrogens with one attached hydrogen (secondary N) is 1. The van der Waals surface area contributed by atoms with Crippen molar-refractivity contribution >= 4 is 12.2 Å². The van der Waals surface area contributed by atoms with Crippen molar-refractivity contribution in [1.29, 1.82) is 0 Å². The molecule has 0 amide bonds. The standard InChI is InChI=1S/C15H18N2O2S/c1-3-13-8-17(15(20)16-14(13)18)10-19-9-12-6-4-11(2)5-7-12/h4-8H,3,9-10H2,1-2H3,(H,16,18,20). The van der Waals surface area contributed by atoms with Crippen LogP contribution in [0.2, 0.25) is 0 Å². The zero-order valence-electron chi connectivity index (χ0n) is 11.7. The lowest BCUT2D eigenvalue weighted by atomic mass is 10.2. The van der Waals surface area contributed by atoms with E-state index in [0.29, 0.717) is 30.1 Å². The van der Waals surface area contributed by atoms with Crippen LogP contribution in [0, 0.1) is 11.7 Å². The van der Waals surface area contributed by atoms with Crippen LogP contribution in [0.25, 0.3) is 0 Å². The number of hydrogen-bond acceptors (Lipinski definition) is 3. The Morgan fingerprint density at radius 2 is 2.00 bits per heavy atom. The van der Waals surface area contributed by atoms with E-state index >= 15 is 0 Å². The number of rotatable bonds is 5. The van der Waals surface area contributed by atoms with Crippen LogP contribution in [0.4, 0.5) is 0 Å². The Kier molecular flexibility index (Phi) is 4.87. The van der Waals surface area contributed by atoms with Crippen molar-refractivity contribution in [3.05, 3.63) is 62.3 Å². The molecule has 0 aliphatic heterocycles. The molecule has 1 heterocycles. The maximum atomic E-state index is 11.6. The third-order valence-corrected chi connectivity index (χ3v) is 3.42. The van der Waals surface area contributed by atoms with Gasteiger partial charge in [0.05, 0.1) is 6.61 Å². The van der Waals surface area contributed by atoms with Gasteiger partial charge in [0.15, 0.2) is 4.77 Å². The van der Waals surface area contributed by atoms with E-state index in [1.54, 1.807) is 10.8 Å². The van der Waals surface area contributed by atoms with E-state index in [4.69, 9.17) is 17.0 Å². The van der Waals surface area contributed by atoms with Crippen molar-refractivity contribution in [2.24, 2.45) is 0 Å². The quantitative estimate of drug-likeness (QED) is 0.861. The number of H-pyrrole nitrogens is 1. The molecule has 0 aliphatic carbocycles. The van der Waals surface area contributed by atoms with Crippen LogP contribution >= 0.6 is 12.2 Å². The van der Waals surface area contributed by atoms with E-state index in [1.165, 1.54) is 5.56 Å². The molecule has 1 aromatic heterocycles. The minimum atomic E-state index is -0.118. The minimum absolute atomic E-state index is 0.118. The van der Waals surface area contributed by atoms with Gasteiger partial charge in [0.25, 0.3) is 5.56 Å². The van der Waals surface area contributed by atoms with Gasteiger partial charge < -0.3 is 9.30 Å². The summed E-state index contributed by atoms with van der Waals surface area (Å²) in [7, 11) is 0. The summed E-state index contributed by atoms with van der Waals surface area (Å²) in [6.07, 6.45) is 2.43. The van der Waals surface area contributed by atoms with Crippen LogP contribution in [-0.2, 0) is 24.5 Å². The summed E-state index contributed by atoms with van der Waals surface area (Å²) >= 11 is 5.12. The first-order valence-electron chi connectivity index (χ1n) is 6.56. The van der Waals surface area contributed by atoms with E-state index in [1.807, 2.05) is 19.1 Å². The number of benzene rings is 1. The fourth-order valence-electron chi connectivity index (χ4n) is 1.85. The smallest absolute Gasteiger partial charge is 0.254 e. The normalized spacial score (nSPS) is 10.7. The average Bonchev–Trinajstić information content (AvgIpc) is 2.43. The number of aromatic amines is 1. The summed E-state index contributed by atoms with van der Waals surface area (Å²) in [5.41, 5.74) is 2.93. The van der Waals surface area contributed by atoms with E-state index < -0.39 is 0 Å². The second kappa shape index (κ2) is 6.63. The van der Waals surface area contributed by atoms with Crippen molar-refractivity contribution in [1.82, 2.24) is 9.55 Å². The molecule has 0 fully saturated rings. The van der Waals surface area contributed by atoms with Crippen molar-refractivity contribution in [3.8, 4) is 0 Å². The van der Waals surface area contributed by atoms with E-state index in [0.717, 1.165) is 5.56 Å². The average molecular weight is 290 g/mol. The fourth-order valence-corrected chi connectivity index (χ4v) is 2.05. The monoisotopic (exact) mass is 290 g/mol. The number of aryl methyl sites for hydroxylation is 2. The SMILES string of the molecule is CCc1cn(COCc2ccc(C)cc2)c(=S)[nH]c1=O. The molecule has 0 atom stereocenters. The molecule has 4 nitrogen and oxygen atoms in total. The predicted molar refractivity (Wildman–Crippen MR) is 81.2 cm³/mol. The lowest BCUT2D eigenvalue weighted by Gasteiger charge is -2.09. The number of hydrogen-bond donors (Lipinski definition) is 1. The van der Waals surface area contributed by atoms with Crippen LogP contribution in [0.15, 0.2) is 35.3 Å². The van der Waals surface area contributed by atoms with E-state index in [-0.39, 0.29) is 5.56 Å². The molecule has 1 aromatic carbocycles. The highest BCUT2D eigenvalue weighted by atomic mass is 32.1. The summed E-state index contributed by atoms with van der Waals surface area (Å²) in [5.74, 6) is 0. The van der Waals surface area contributed by atoms with Crippen LogP contribution in [0.1, 0.15) is 23.6 Å². The van der Waals surface area contributed by atoms with Crippen molar-refractivity contribution in [2.45, 2.75) is 33.6 Å². The molecule has 0 aliphatic rings. The lowest BCUT2D eigenvalue weighted by molar-refractivity contribution is 0.0618. The first-order valence-corrected chi connectivity index (χ1v) is 6.97. The summed E-state index contributed by atoms with van der Waals surface area (Å²) < 4.78 is 7.77. The molecule has 0 unspecified atom stereocenters. The van der Waals surface area contributed by atoms with E-state index in [2.05, 4.69) is 24.0 Å². The minimum Gasteiger partial charge on any atom is -0.356 e. The van der Waals surface area contributed by atoms with Crippen molar-refractivity contribution < 1.29 is 4.74 Å². The highest BCUT2D eigenvalue weighted by molar-refractivity contribution is 7.71.